The van der Waals surface area contributed by atoms with E-state index in [1.54, 1.807) is 6.07 Å². The fourth-order valence-corrected chi connectivity index (χ4v) is 4.01. The third-order valence-corrected chi connectivity index (χ3v) is 5.37. The number of hydrogen-bond donors (Lipinski definition) is 1. The zero-order chi connectivity index (χ0) is 15.8. The van der Waals surface area contributed by atoms with Crippen LogP contribution in [0.1, 0.15) is 23.2 Å². The highest BCUT2D eigenvalue weighted by atomic mass is 35.5. The summed E-state index contributed by atoms with van der Waals surface area (Å²) in [5.74, 6) is 1.85. The van der Waals surface area contributed by atoms with Crippen molar-refractivity contribution in [3.63, 3.8) is 0 Å². The highest BCUT2D eigenvalue weighted by Gasteiger charge is 2.35. The Morgan fingerprint density at radius 3 is 2.74 bits per heavy atom. The lowest BCUT2D eigenvalue weighted by Gasteiger charge is -2.19. The highest BCUT2D eigenvalue weighted by Crippen LogP contribution is 2.43. The second-order valence-corrected chi connectivity index (χ2v) is 6.91. The van der Waals surface area contributed by atoms with Crippen molar-refractivity contribution in [2.75, 3.05) is 6.54 Å². The van der Waals surface area contributed by atoms with Gasteiger partial charge in [-0.2, -0.15) is 0 Å². The third-order valence-electron chi connectivity index (χ3n) is 5.04. The summed E-state index contributed by atoms with van der Waals surface area (Å²) in [6.07, 6.45) is 11.0. The summed E-state index contributed by atoms with van der Waals surface area (Å²) in [4.78, 5) is 12.5. The van der Waals surface area contributed by atoms with E-state index in [2.05, 4.69) is 17.5 Å². The average molecular weight is 327 g/mol. The van der Waals surface area contributed by atoms with Crippen molar-refractivity contribution in [1.82, 2.24) is 9.88 Å². The number of halogens is 1. The number of allylic oxidation sites excluding steroid dienone is 2. The molecule has 1 saturated carbocycles. The zero-order valence-electron chi connectivity index (χ0n) is 12.8. The van der Waals surface area contributed by atoms with Gasteiger partial charge in [0.25, 0.3) is 5.91 Å². The number of rotatable bonds is 4. The Balaban J connectivity index is 1.47. The fourth-order valence-electron chi connectivity index (χ4n) is 3.80. The quantitative estimate of drug-likeness (QED) is 0.844. The maximum atomic E-state index is 12.5. The molecule has 0 aliphatic heterocycles. The normalized spacial score (nSPS) is 25.0. The first kappa shape index (κ1) is 14.6. The molecular weight excluding hydrogens is 308 g/mol. The van der Waals surface area contributed by atoms with Gasteiger partial charge in [0, 0.05) is 24.6 Å². The van der Waals surface area contributed by atoms with Crippen LogP contribution in [-0.2, 0) is 0 Å². The number of benzene rings is 1. The van der Waals surface area contributed by atoms with Gasteiger partial charge in [0.2, 0.25) is 0 Å². The summed E-state index contributed by atoms with van der Waals surface area (Å²) in [7, 11) is 0. The monoisotopic (exact) mass is 326 g/mol. The van der Waals surface area contributed by atoms with Crippen molar-refractivity contribution in [3.05, 3.63) is 65.5 Å². The van der Waals surface area contributed by atoms with Gasteiger partial charge < -0.3 is 9.88 Å². The predicted octanol–water partition coefficient (Wildman–Crippen LogP) is 4.07. The van der Waals surface area contributed by atoms with E-state index in [-0.39, 0.29) is 5.91 Å². The first-order valence-electron chi connectivity index (χ1n) is 8.10. The third kappa shape index (κ3) is 2.81. The summed E-state index contributed by atoms with van der Waals surface area (Å²) in [5, 5.41) is 3.56. The van der Waals surface area contributed by atoms with Crippen LogP contribution in [0.2, 0.25) is 5.02 Å². The molecule has 1 fully saturated rings. The van der Waals surface area contributed by atoms with E-state index in [0.29, 0.717) is 22.4 Å². The van der Waals surface area contributed by atoms with E-state index in [4.69, 9.17) is 11.6 Å². The van der Waals surface area contributed by atoms with Crippen LogP contribution in [0.25, 0.3) is 5.69 Å². The fraction of sp³-hybridized carbons (Fsp3) is 0.316. The van der Waals surface area contributed by atoms with Crippen LogP contribution >= 0.6 is 11.6 Å². The molecule has 1 amide bonds. The van der Waals surface area contributed by atoms with E-state index < -0.39 is 0 Å². The van der Waals surface area contributed by atoms with Crippen molar-refractivity contribution in [3.8, 4) is 5.69 Å². The second kappa shape index (κ2) is 5.89. The molecule has 3 atom stereocenters. The Morgan fingerprint density at radius 1 is 1.22 bits per heavy atom. The maximum absolute atomic E-state index is 12.5. The Morgan fingerprint density at radius 2 is 2.04 bits per heavy atom. The van der Waals surface area contributed by atoms with Crippen LogP contribution in [-0.4, -0.2) is 17.0 Å². The number of amides is 1. The SMILES string of the molecule is O=C(NC[C@H]1C[C@H]2C=C[C@H]1C2)c1cc(-n2cccc2)ccc1Cl. The molecule has 23 heavy (non-hydrogen) atoms. The first-order valence-corrected chi connectivity index (χ1v) is 8.48. The Labute approximate surface area is 141 Å². The van der Waals surface area contributed by atoms with Crippen molar-refractivity contribution < 1.29 is 4.79 Å². The minimum absolute atomic E-state index is 0.0873. The molecular formula is C19H19ClN2O. The van der Waals surface area contributed by atoms with E-state index in [0.717, 1.165) is 18.2 Å². The van der Waals surface area contributed by atoms with E-state index in [1.165, 1.54) is 12.8 Å². The molecule has 1 heterocycles. The number of aromatic nitrogens is 1. The van der Waals surface area contributed by atoms with Gasteiger partial charge in [-0.05, 0) is 60.9 Å². The van der Waals surface area contributed by atoms with Gasteiger partial charge in [0.05, 0.1) is 10.6 Å². The molecule has 4 rings (SSSR count). The second-order valence-electron chi connectivity index (χ2n) is 6.50. The van der Waals surface area contributed by atoms with Gasteiger partial charge in [-0.1, -0.05) is 23.8 Å². The largest absolute Gasteiger partial charge is 0.352 e. The van der Waals surface area contributed by atoms with Gasteiger partial charge in [-0.15, -0.1) is 0 Å². The van der Waals surface area contributed by atoms with Gasteiger partial charge in [0.15, 0.2) is 0 Å². The average Bonchev–Trinajstić information content (AvgIpc) is 3.30. The first-order chi connectivity index (χ1) is 11.2. The lowest BCUT2D eigenvalue weighted by Crippen LogP contribution is -2.31. The highest BCUT2D eigenvalue weighted by molar-refractivity contribution is 6.33. The van der Waals surface area contributed by atoms with Crippen molar-refractivity contribution in [2.45, 2.75) is 12.8 Å². The molecule has 3 nitrogen and oxygen atoms in total. The van der Waals surface area contributed by atoms with Crippen LogP contribution in [0.5, 0.6) is 0 Å². The zero-order valence-corrected chi connectivity index (χ0v) is 13.5. The lowest BCUT2D eigenvalue weighted by molar-refractivity contribution is 0.0945. The molecule has 1 aromatic heterocycles. The molecule has 118 valence electrons. The number of carbonyl (C=O) groups excluding carboxylic acids is 1. The van der Waals surface area contributed by atoms with E-state index >= 15 is 0 Å². The van der Waals surface area contributed by atoms with Crippen molar-refractivity contribution >= 4 is 17.5 Å². The van der Waals surface area contributed by atoms with Crippen molar-refractivity contribution in [2.24, 2.45) is 17.8 Å². The van der Waals surface area contributed by atoms with Gasteiger partial charge in [-0.25, -0.2) is 0 Å². The number of nitrogens with zero attached hydrogens (tertiary/aromatic N) is 1. The molecule has 2 aliphatic rings. The van der Waals surface area contributed by atoms with Crippen LogP contribution in [0, 0.1) is 17.8 Å². The minimum atomic E-state index is -0.0873. The molecule has 0 saturated heterocycles. The molecule has 4 heteroatoms. The van der Waals surface area contributed by atoms with Crippen LogP contribution in [0.15, 0.2) is 54.9 Å². The minimum Gasteiger partial charge on any atom is -0.352 e. The molecule has 2 bridgehead atoms. The smallest absolute Gasteiger partial charge is 0.252 e. The molecule has 2 aliphatic carbocycles. The van der Waals surface area contributed by atoms with Gasteiger partial charge in [-0.3, -0.25) is 4.79 Å². The van der Waals surface area contributed by atoms with Crippen LogP contribution in [0.4, 0.5) is 0 Å². The van der Waals surface area contributed by atoms with Crippen molar-refractivity contribution in [1.29, 1.82) is 0 Å². The van der Waals surface area contributed by atoms with Crippen LogP contribution in [0.3, 0.4) is 0 Å². The van der Waals surface area contributed by atoms with E-state index in [1.807, 2.05) is 41.2 Å². The molecule has 0 spiro atoms. The Kier molecular flexibility index (Phi) is 3.74. The summed E-state index contributed by atoms with van der Waals surface area (Å²) in [5.41, 5.74) is 1.48. The summed E-state index contributed by atoms with van der Waals surface area (Å²) in [6.45, 7) is 0.731. The molecule has 1 aromatic carbocycles. The number of nitrogens with one attached hydrogen (secondary N) is 1. The van der Waals surface area contributed by atoms with Gasteiger partial charge >= 0.3 is 0 Å². The summed E-state index contributed by atoms with van der Waals surface area (Å²) >= 11 is 6.23. The molecule has 1 N–H and O–H groups in total. The molecule has 0 unspecified atom stereocenters. The van der Waals surface area contributed by atoms with Crippen LogP contribution < -0.4 is 5.32 Å². The lowest BCUT2D eigenvalue weighted by atomic mass is 9.93. The number of carbonyl (C=O) groups is 1. The molecule has 2 aromatic rings. The standard InChI is InChI=1S/C19H19ClN2O/c20-18-6-5-16(22-7-1-2-8-22)11-17(18)19(23)21-12-15-10-13-3-4-14(15)9-13/h1-8,11,13-15H,9-10,12H2,(H,21,23)/t13-,14-,15+/m0/s1. The number of fused-ring (bicyclic) bond motifs is 2. The Bertz CT molecular complexity index is 751. The van der Waals surface area contributed by atoms with E-state index in [9.17, 15) is 4.79 Å². The summed E-state index contributed by atoms with van der Waals surface area (Å²) < 4.78 is 1.97. The maximum Gasteiger partial charge on any atom is 0.252 e. The number of hydrogen-bond acceptors (Lipinski definition) is 1. The predicted molar refractivity (Wildman–Crippen MR) is 92.0 cm³/mol. The summed E-state index contributed by atoms with van der Waals surface area (Å²) in [6, 6.07) is 9.46. The van der Waals surface area contributed by atoms with Gasteiger partial charge in [0.1, 0.15) is 0 Å². The molecule has 0 radical (unpaired) electrons. The topological polar surface area (TPSA) is 34.0 Å². The Hall–Kier alpha value is -2.00.